The summed E-state index contributed by atoms with van der Waals surface area (Å²) in [4.78, 5) is 16.6. The molecule has 0 atom stereocenters. The summed E-state index contributed by atoms with van der Waals surface area (Å²) in [7, 11) is 2.03. The fourth-order valence-electron chi connectivity index (χ4n) is 2.49. The van der Waals surface area contributed by atoms with E-state index in [2.05, 4.69) is 23.1 Å². The third kappa shape index (κ3) is 2.62. The molecule has 22 heavy (non-hydrogen) atoms. The van der Waals surface area contributed by atoms with E-state index in [1.54, 1.807) is 4.90 Å². The van der Waals surface area contributed by atoms with Crippen LogP contribution in [0.3, 0.4) is 0 Å². The molecule has 0 aliphatic carbocycles. The van der Waals surface area contributed by atoms with Crippen LogP contribution < -0.4 is 4.90 Å². The Kier molecular flexibility index (Phi) is 4.18. The molecule has 2 aliphatic rings. The van der Waals surface area contributed by atoms with Crippen LogP contribution in [0.15, 0.2) is 53.6 Å². The highest BCUT2D eigenvalue weighted by Gasteiger charge is 2.30. The van der Waals surface area contributed by atoms with Gasteiger partial charge in [-0.2, -0.15) is 0 Å². The molecule has 0 unspecified atom stereocenters. The van der Waals surface area contributed by atoms with Crippen molar-refractivity contribution in [3.8, 4) is 0 Å². The number of hydrogen-bond donors (Lipinski definition) is 0. The number of nitrogens with zero attached hydrogens (tertiary/aromatic N) is 2. The largest absolute Gasteiger partial charge is 0.351 e. The van der Waals surface area contributed by atoms with Gasteiger partial charge in [0.2, 0.25) is 0 Å². The summed E-state index contributed by atoms with van der Waals surface area (Å²) in [5.41, 5.74) is 3.41. The lowest BCUT2D eigenvalue weighted by molar-refractivity contribution is -0.122. The van der Waals surface area contributed by atoms with Gasteiger partial charge in [-0.25, -0.2) is 0 Å². The third-order valence-electron chi connectivity index (χ3n) is 3.68. The number of thiocarbonyl (C=S) groups is 1. The maximum absolute atomic E-state index is 12.2. The number of amides is 1. The molecule has 1 fully saturated rings. The highest BCUT2D eigenvalue weighted by atomic mass is 32.2. The Morgan fingerprint density at radius 3 is 2.77 bits per heavy atom. The van der Waals surface area contributed by atoms with Crippen molar-refractivity contribution in [1.82, 2.24) is 4.90 Å². The van der Waals surface area contributed by atoms with Crippen LogP contribution in [-0.4, -0.2) is 28.7 Å². The molecule has 1 amide bonds. The second-order valence-electron chi connectivity index (χ2n) is 5.01. The van der Waals surface area contributed by atoms with Crippen molar-refractivity contribution in [3.05, 3.63) is 59.2 Å². The van der Waals surface area contributed by atoms with Crippen LogP contribution in [0.5, 0.6) is 0 Å². The van der Waals surface area contributed by atoms with Gasteiger partial charge in [0.05, 0.1) is 4.91 Å². The highest BCUT2D eigenvalue weighted by Crippen LogP contribution is 2.34. The second kappa shape index (κ2) is 6.10. The molecule has 0 aromatic heterocycles. The first-order valence-electron chi connectivity index (χ1n) is 7.08. The smallest absolute Gasteiger partial charge is 0.266 e. The van der Waals surface area contributed by atoms with E-state index in [-0.39, 0.29) is 5.91 Å². The Bertz CT molecular complexity index is 734. The van der Waals surface area contributed by atoms with E-state index >= 15 is 0 Å². The van der Waals surface area contributed by atoms with Gasteiger partial charge in [0, 0.05) is 31.0 Å². The molecule has 0 saturated carbocycles. The predicted octanol–water partition coefficient (Wildman–Crippen LogP) is 3.80. The Morgan fingerprint density at radius 1 is 1.27 bits per heavy atom. The van der Waals surface area contributed by atoms with Gasteiger partial charge < -0.3 is 4.90 Å². The quantitative estimate of drug-likeness (QED) is 0.609. The van der Waals surface area contributed by atoms with Gasteiger partial charge in [0.15, 0.2) is 0 Å². The lowest BCUT2D eigenvalue weighted by atomic mass is 10.00. The number of fused-ring (bicyclic) bond motifs is 1. The van der Waals surface area contributed by atoms with Crippen LogP contribution in [0.2, 0.25) is 0 Å². The topological polar surface area (TPSA) is 23.6 Å². The number of hydrogen-bond acceptors (Lipinski definition) is 4. The molecular weight excluding hydrogens is 312 g/mol. The molecule has 0 bridgehead atoms. The van der Waals surface area contributed by atoms with Gasteiger partial charge in [0.1, 0.15) is 4.32 Å². The second-order valence-corrected chi connectivity index (χ2v) is 6.69. The van der Waals surface area contributed by atoms with Crippen molar-refractivity contribution in [3.63, 3.8) is 0 Å². The fraction of sp³-hybridized carbons (Fsp3) is 0.176. The zero-order valence-electron chi connectivity index (χ0n) is 12.4. The maximum atomic E-state index is 12.2. The number of benzene rings is 1. The van der Waals surface area contributed by atoms with Gasteiger partial charge in [-0.3, -0.25) is 9.69 Å². The Labute approximate surface area is 140 Å². The van der Waals surface area contributed by atoms with Crippen molar-refractivity contribution >= 4 is 45.5 Å². The van der Waals surface area contributed by atoms with Crippen LogP contribution in [0.1, 0.15) is 12.5 Å². The van der Waals surface area contributed by atoms with Crippen LogP contribution in [0, 0.1) is 0 Å². The van der Waals surface area contributed by atoms with Crippen LogP contribution in [-0.2, 0) is 4.79 Å². The molecule has 2 heterocycles. The summed E-state index contributed by atoms with van der Waals surface area (Å²) < 4.78 is 0.636. The first-order valence-corrected chi connectivity index (χ1v) is 8.30. The number of thioether (sulfide) groups is 1. The van der Waals surface area contributed by atoms with Crippen molar-refractivity contribution in [1.29, 1.82) is 0 Å². The summed E-state index contributed by atoms with van der Waals surface area (Å²) in [6.45, 7) is 2.55. The number of allylic oxidation sites excluding steroid dienone is 4. The molecule has 1 aromatic carbocycles. The molecule has 0 spiro atoms. The Morgan fingerprint density at radius 2 is 2.05 bits per heavy atom. The van der Waals surface area contributed by atoms with Gasteiger partial charge in [-0.15, -0.1) is 0 Å². The first-order chi connectivity index (χ1) is 10.6. The minimum atomic E-state index is -0.000424. The molecule has 0 N–H and O–H groups in total. The van der Waals surface area contributed by atoms with Crippen molar-refractivity contribution in [2.45, 2.75) is 6.92 Å². The number of carbonyl (C=O) groups is 1. The molecule has 2 aliphatic heterocycles. The van der Waals surface area contributed by atoms with Crippen LogP contribution >= 0.6 is 24.0 Å². The van der Waals surface area contributed by atoms with E-state index in [9.17, 15) is 4.79 Å². The maximum Gasteiger partial charge on any atom is 0.266 e. The van der Waals surface area contributed by atoms with E-state index in [1.807, 2.05) is 44.5 Å². The molecular formula is C17H16N2OS2. The lowest BCUT2D eigenvalue weighted by Crippen LogP contribution is -2.27. The average Bonchev–Trinajstić information content (AvgIpc) is 2.80. The fourth-order valence-corrected chi connectivity index (χ4v) is 3.81. The lowest BCUT2D eigenvalue weighted by Gasteiger charge is -2.23. The highest BCUT2D eigenvalue weighted by molar-refractivity contribution is 8.26. The summed E-state index contributed by atoms with van der Waals surface area (Å²) in [6.07, 6.45) is 7.94. The molecule has 3 rings (SSSR count). The zero-order chi connectivity index (χ0) is 15.7. The average molecular weight is 328 g/mol. The van der Waals surface area contributed by atoms with Gasteiger partial charge in [-0.1, -0.05) is 48.3 Å². The van der Waals surface area contributed by atoms with E-state index in [1.165, 1.54) is 11.8 Å². The number of para-hydroxylation sites is 1. The van der Waals surface area contributed by atoms with Crippen molar-refractivity contribution in [2.75, 3.05) is 18.5 Å². The number of carbonyl (C=O) groups excluding carboxylic acids is 1. The van der Waals surface area contributed by atoms with Gasteiger partial charge >= 0.3 is 0 Å². The minimum Gasteiger partial charge on any atom is -0.351 e. The van der Waals surface area contributed by atoms with E-state index in [4.69, 9.17) is 12.2 Å². The molecule has 5 heteroatoms. The van der Waals surface area contributed by atoms with Crippen molar-refractivity contribution in [2.24, 2.45) is 0 Å². The van der Waals surface area contributed by atoms with Crippen LogP contribution in [0.25, 0.3) is 5.57 Å². The monoisotopic (exact) mass is 328 g/mol. The first kappa shape index (κ1) is 15.1. The van der Waals surface area contributed by atoms with Gasteiger partial charge in [0.25, 0.3) is 5.91 Å². The molecule has 1 aromatic rings. The molecule has 1 saturated heterocycles. The standard InChI is InChI=1S/C17H16N2OS2/c1-3-19-16(20)15(22-17(19)21)9-8-12-10-11-18(2)14-7-5-4-6-13(12)14/h4-11H,3H2,1-2H3/b12-8+,15-9-. The molecule has 3 nitrogen and oxygen atoms in total. The molecule has 112 valence electrons. The van der Waals surface area contributed by atoms with E-state index in [0.717, 1.165) is 16.8 Å². The number of anilines is 1. The predicted molar refractivity (Wildman–Crippen MR) is 97.6 cm³/mol. The summed E-state index contributed by atoms with van der Waals surface area (Å²) in [5.74, 6) is -0.000424. The minimum absolute atomic E-state index is 0.000424. The van der Waals surface area contributed by atoms with Crippen LogP contribution in [0.4, 0.5) is 5.69 Å². The number of likely N-dealkylation sites (N-methyl/N-ethyl adjacent to an activating group) is 1. The summed E-state index contributed by atoms with van der Waals surface area (Å²) in [5, 5.41) is 0. The van der Waals surface area contributed by atoms with Gasteiger partial charge in [-0.05, 0) is 30.7 Å². The Balaban J connectivity index is 1.94. The SMILES string of the molecule is CCN1C(=O)/C(=C/C=C2\C=CN(C)c3ccccc32)SC1=S. The van der Waals surface area contributed by atoms with E-state index in [0.29, 0.717) is 15.8 Å². The number of rotatable bonds is 2. The third-order valence-corrected chi connectivity index (χ3v) is 5.07. The zero-order valence-corrected chi connectivity index (χ0v) is 14.1. The van der Waals surface area contributed by atoms with Crippen molar-refractivity contribution < 1.29 is 4.79 Å². The normalized spacial score (nSPS) is 21.2. The summed E-state index contributed by atoms with van der Waals surface area (Å²) in [6, 6.07) is 8.23. The Hall–Kier alpha value is -1.85. The van der Waals surface area contributed by atoms with E-state index < -0.39 is 0 Å². The summed E-state index contributed by atoms with van der Waals surface area (Å²) >= 11 is 6.60. The molecule has 0 radical (unpaired) electrons.